The molecule has 0 saturated heterocycles. The van der Waals surface area contributed by atoms with Gasteiger partial charge in [0, 0.05) is 104 Å². The molecule has 135 heteroatoms. The van der Waals surface area contributed by atoms with Crippen LogP contribution < -0.4 is 0 Å². The van der Waals surface area contributed by atoms with Gasteiger partial charge in [-0.1, -0.05) is 0 Å². The minimum absolute atomic E-state index is 0. The molecule has 0 aromatic rings. The Kier molecular flexibility index (Phi) is 218. The second kappa shape index (κ2) is 117. The van der Waals surface area contributed by atoms with Crippen molar-refractivity contribution >= 4 is 749 Å². The van der Waals surface area contributed by atoms with Crippen LogP contribution in [0.15, 0.2) is 0 Å². The van der Waals surface area contributed by atoms with Crippen molar-refractivity contribution in [2.24, 2.45) is 0 Å². The number of hydrogen-bond donors (Lipinski definition) is 30. The molecule has 30 N–H and O–H groups in total. The summed E-state index contributed by atoms with van der Waals surface area (Å²) >= 11 is 0. The second-order valence-electron chi connectivity index (χ2n) is 10.8. The molecule has 0 aromatic carbocycles. The maximum absolute atomic E-state index is 8.74. The molecule has 100 nitrogen and oxygen atoms in total. The van der Waals surface area contributed by atoms with Gasteiger partial charge in [0.05, 0.1) is 0 Å². The minimum Gasteiger partial charge on any atom is -0.759 e. The molecular formula is H30Ba10O100S25. The normalized spacial score (nSPS) is 10.7. The van der Waals surface area contributed by atoms with E-state index in [1.807, 2.05) is 0 Å². The maximum Gasteiger partial charge on any atom is 2.00 e. The molecule has 0 bridgehead atoms. The van der Waals surface area contributed by atoms with Gasteiger partial charge in [-0.3, -0.25) is 221 Å². The molecule has 0 aliphatic carbocycles. The monoisotopic (exact) mass is 3810 g/mol. The molecule has 0 rings (SSSR count). The summed E-state index contributed by atoms with van der Waals surface area (Å²) in [7, 11) is -122. The minimum atomic E-state index is -5.17. The molecule has 0 saturated carbocycles. The first-order valence-electron chi connectivity index (χ1n) is 17.1. The first kappa shape index (κ1) is 250. The van der Waals surface area contributed by atoms with Crippen LogP contribution in [-0.2, 0) is 260 Å². The van der Waals surface area contributed by atoms with Crippen LogP contribution in [0.5, 0.6) is 0 Å². The first-order valence-corrected chi connectivity index (χ1v) is 51.4. The summed E-state index contributed by atoms with van der Waals surface area (Å²) in [5.74, 6) is 0. The van der Waals surface area contributed by atoms with Gasteiger partial charge in [-0.05, 0) is 0 Å². The van der Waals surface area contributed by atoms with E-state index in [0.717, 1.165) is 0 Å². The summed E-state index contributed by atoms with van der Waals surface area (Å²) in [6, 6.07) is 0. The van der Waals surface area contributed by atoms with Crippen molar-refractivity contribution in [3.05, 3.63) is 0 Å². The van der Waals surface area contributed by atoms with E-state index in [9.17, 15) is 0 Å². The summed E-state index contributed by atoms with van der Waals surface area (Å²) in [6.07, 6.45) is 0. The Balaban J connectivity index is -0.0000000233. The molecule has 0 spiro atoms. The molecule has 0 aromatic heterocycles. The third-order valence-corrected chi connectivity index (χ3v) is 0. The molecule has 0 atom stereocenters. The van der Waals surface area contributed by atoms with E-state index in [-0.39, 0.29) is 489 Å². The molecule has 0 fully saturated rings. The topological polar surface area (TPSA) is 1920 Å². The molecule has 0 amide bonds. The fourth-order valence-corrected chi connectivity index (χ4v) is 0. The van der Waals surface area contributed by atoms with Crippen molar-refractivity contribution in [1.82, 2.24) is 0 Å². The zero-order valence-electron chi connectivity index (χ0n) is 59.3. The smallest absolute Gasteiger partial charge is 0.759 e. The van der Waals surface area contributed by atoms with E-state index >= 15 is 0 Å². The third kappa shape index (κ3) is 19700. The van der Waals surface area contributed by atoms with E-state index in [2.05, 4.69) is 0 Å². The summed E-state index contributed by atoms with van der Waals surface area (Å²) in [4.78, 5) is 0. The van der Waals surface area contributed by atoms with E-state index < -0.39 is 260 Å². The predicted octanol–water partition coefficient (Wildman–Crippen LogP) is -27.0. The van der Waals surface area contributed by atoms with E-state index in [0.29, 0.717) is 0 Å². The van der Waals surface area contributed by atoms with Gasteiger partial charge in [0.25, 0.3) is 0 Å². The van der Waals surface area contributed by atoms with Crippen molar-refractivity contribution in [3.8, 4) is 0 Å². The van der Waals surface area contributed by atoms with Crippen molar-refractivity contribution < 1.29 is 438 Å². The fourth-order valence-electron chi connectivity index (χ4n) is 0. The second-order valence-corrected chi connectivity index (χ2v) is 32.4. The summed E-state index contributed by atoms with van der Waals surface area (Å²) in [5, 5.41) is 0. The van der Waals surface area contributed by atoms with Crippen LogP contribution in [0.25, 0.3) is 0 Å². The van der Waals surface area contributed by atoms with Gasteiger partial charge in [-0.15, -0.1) is 0 Å². The van der Waals surface area contributed by atoms with Gasteiger partial charge >= 0.3 is 645 Å². The van der Waals surface area contributed by atoms with Crippen LogP contribution in [0.3, 0.4) is 0 Å². The SMILES string of the molecule is O=S(=O)(O)O.O=S(=O)(O)O.O=S(=O)(O)O.O=S(=O)(O)O.O=S(=O)(O)O.O=S(=O)(O)O.O=S(=O)(O)O.O=S(=O)(O)O.O=S(=O)(O)O.O=S(=O)(O)O.O=S(=O)(O)O.O=S(=O)(O)O.O=S(=O)(O)O.O=S(=O)(O)O.O=S(=O)(O)O.O=S(=O)([O-])[O-].O=S(=O)([O-])[O-].O=S(=O)([O-])[O-].O=S(=O)([O-])[O-].O=S(=O)([O-])[O-].O=S(=O)([O-])[O-].O=S(=O)([O-])[O-].O=S(=O)([O-])[O-].O=S(=O)([O-])[O-].O=S(=O)([O-])[O-].[Ba+2].[Ba+2].[Ba+2].[Ba+2].[Ba+2].[Ba+2].[Ba+2].[Ba+2].[Ba+2].[Ba+2]. The van der Waals surface area contributed by atoms with Crippen LogP contribution in [0.1, 0.15) is 0 Å². The van der Waals surface area contributed by atoms with Crippen LogP contribution in [-0.4, -0.2) is 927 Å². The Morgan fingerprint density at radius 2 is 0.0741 bits per heavy atom. The molecule has 0 heterocycles. The average molecular weight is 3810 g/mol. The Bertz CT molecular complexity index is 3960. The Morgan fingerprint density at radius 3 is 0.0741 bits per heavy atom. The summed E-state index contributed by atoms with van der Waals surface area (Å²) in [6.45, 7) is 0. The third-order valence-electron chi connectivity index (χ3n) is 0. The molecule has 0 radical (unpaired) electrons. The molecule has 0 unspecified atom stereocenters. The predicted molar refractivity (Wildman–Crippen MR) is 375 cm³/mol. The standard InChI is InChI=1S/10Ba.25H2O4S/c;;;;;;;;;;25*1-5(2,3)4/h;;;;;;;;;;25*(H2,1,2,3,4)/q10*+2;;;;;;;;;;;;;;;;;;;;;;;;;/p-20. The molecular weight excluding hydrogens is 3770 g/mol. The summed E-state index contributed by atoms with van der Waals surface area (Å²) < 4.78 is 815. The molecule has 800 valence electrons. The van der Waals surface area contributed by atoms with Crippen LogP contribution in [0, 0.1) is 0 Å². The molecule has 0 aliphatic rings. The Labute approximate surface area is 1160 Å². The van der Waals surface area contributed by atoms with Gasteiger partial charge in [0.15, 0.2) is 0 Å². The zero-order valence-corrected chi connectivity index (χ0v) is 124. The van der Waals surface area contributed by atoms with E-state index in [1.165, 1.54) is 0 Å². The summed E-state index contributed by atoms with van der Waals surface area (Å²) in [5.41, 5.74) is 0. The van der Waals surface area contributed by atoms with E-state index in [1.54, 1.807) is 0 Å². The van der Waals surface area contributed by atoms with Crippen molar-refractivity contribution in [3.63, 3.8) is 0 Å². The van der Waals surface area contributed by atoms with E-state index in [4.69, 9.17) is 438 Å². The average Bonchev–Trinajstić information content (AvgIpc) is 3.03. The van der Waals surface area contributed by atoms with Crippen molar-refractivity contribution in [2.75, 3.05) is 0 Å². The first-order chi connectivity index (χ1) is 50.0. The van der Waals surface area contributed by atoms with Crippen molar-refractivity contribution in [2.45, 2.75) is 0 Å². The number of hydrogen-bond acceptors (Lipinski definition) is 70. The maximum atomic E-state index is 8.74. The molecule has 0 aliphatic heterocycles. The zero-order chi connectivity index (χ0) is 112. The Hall–Kier alpha value is 12.5. The van der Waals surface area contributed by atoms with Gasteiger partial charge in [-0.2, -0.15) is 126 Å². The largest absolute Gasteiger partial charge is 2.00 e. The fraction of sp³-hybridized carbons (Fsp3) is 0. The van der Waals surface area contributed by atoms with Crippen molar-refractivity contribution in [1.29, 1.82) is 0 Å². The van der Waals surface area contributed by atoms with Gasteiger partial charge < -0.3 is 91.1 Å². The van der Waals surface area contributed by atoms with Gasteiger partial charge in [-0.25, -0.2) is 0 Å². The van der Waals surface area contributed by atoms with Gasteiger partial charge in [0.2, 0.25) is 0 Å². The van der Waals surface area contributed by atoms with Crippen LogP contribution in [0.2, 0.25) is 0 Å². The van der Waals surface area contributed by atoms with Gasteiger partial charge in [0.1, 0.15) is 0 Å². The quantitative estimate of drug-likeness (QED) is 0.0608. The van der Waals surface area contributed by atoms with Crippen LogP contribution >= 0.6 is 0 Å². The number of rotatable bonds is 0. The van der Waals surface area contributed by atoms with Crippen LogP contribution in [0.4, 0.5) is 0 Å². The molecule has 135 heavy (non-hydrogen) atoms. The Morgan fingerprint density at radius 1 is 0.0741 bits per heavy atom.